The van der Waals surface area contributed by atoms with Crippen molar-refractivity contribution in [2.75, 3.05) is 42.1 Å². The van der Waals surface area contributed by atoms with E-state index in [1.165, 1.54) is 12.8 Å². The number of piperidine rings is 1. The number of hydrogen-bond donors (Lipinski definition) is 3. The molecule has 2 atom stereocenters. The second-order valence-electron chi connectivity index (χ2n) is 7.60. The van der Waals surface area contributed by atoms with E-state index in [9.17, 15) is 0 Å². The van der Waals surface area contributed by atoms with Gasteiger partial charge in [0.2, 0.25) is 17.8 Å². The minimum absolute atomic E-state index is 0.161. The van der Waals surface area contributed by atoms with Gasteiger partial charge in [-0.1, -0.05) is 20.8 Å². The summed E-state index contributed by atoms with van der Waals surface area (Å²) in [7, 11) is 0. The fourth-order valence-electron chi connectivity index (χ4n) is 3.16. The van der Waals surface area contributed by atoms with Gasteiger partial charge in [0.25, 0.3) is 0 Å². The third kappa shape index (κ3) is 3.58. The molecule has 2 unspecified atom stereocenters. The predicted molar refractivity (Wildman–Crippen MR) is 88.9 cm³/mol. The van der Waals surface area contributed by atoms with Crippen LogP contribution in [0.1, 0.15) is 33.6 Å². The largest absolute Gasteiger partial charge is 0.368 e. The van der Waals surface area contributed by atoms with Crippen molar-refractivity contribution in [1.29, 1.82) is 0 Å². The lowest BCUT2D eigenvalue weighted by molar-refractivity contribution is 0.340. The van der Waals surface area contributed by atoms with E-state index in [0.29, 0.717) is 23.9 Å². The van der Waals surface area contributed by atoms with Gasteiger partial charge < -0.3 is 21.3 Å². The van der Waals surface area contributed by atoms with Gasteiger partial charge in [0.05, 0.1) is 0 Å². The Bertz CT molecular complexity index is 511. The topological polar surface area (TPSA) is 92.0 Å². The molecule has 7 heteroatoms. The van der Waals surface area contributed by atoms with Crippen LogP contribution in [0, 0.1) is 11.3 Å². The second kappa shape index (κ2) is 5.87. The first-order valence-electron chi connectivity index (χ1n) is 8.14. The average Bonchev–Trinajstić information content (AvgIpc) is 2.88. The van der Waals surface area contributed by atoms with Crippen LogP contribution in [0.15, 0.2) is 0 Å². The summed E-state index contributed by atoms with van der Waals surface area (Å²) >= 11 is 0. The first-order valence-corrected chi connectivity index (χ1v) is 8.14. The standard InChI is InChI=1S/C15H27N7/c1-15(2,3)9-18-13-19-12(16)20-14(21-13)22-7-10-5-4-6-17-11(10)8-22/h10-11,17H,4-9H2,1-3H3,(H3,16,18,19,20,21). The maximum atomic E-state index is 5.87. The highest BCUT2D eigenvalue weighted by Gasteiger charge is 2.35. The molecule has 1 aromatic rings. The summed E-state index contributed by atoms with van der Waals surface area (Å²) in [6.07, 6.45) is 2.54. The van der Waals surface area contributed by atoms with Crippen LogP contribution in [0.3, 0.4) is 0 Å². The van der Waals surface area contributed by atoms with E-state index in [1.54, 1.807) is 0 Å². The molecule has 2 aliphatic rings. The fraction of sp³-hybridized carbons (Fsp3) is 0.800. The van der Waals surface area contributed by atoms with Crippen molar-refractivity contribution in [2.45, 2.75) is 39.7 Å². The normalized spacial score (nSPS) is 25.1. The number of aromatic nitrogens is 3. The Labute approximate surface area is 132 Å². The summed E-state index contributed by atoms with van der Waals surface area (Å²) in [5.41, 5.74) is 6.03. The number of nitrogens with two attached hydrogens (primary N) is 1. The molecule has 1 aromatic heterocycles. The molecular weight excluding hydrogens is 278 g/mol. The van der Waals surface area contributed by atoms with Gasteiger partial charge in [0, 0.05) is 25.7 Å². The summed E-state index contributed by atoms with van der Waals surface area (Å²) in [6.45, 7) is 10.4. The van der Waals surface area contributed by atoms with Crippen molar-refractivity contribution in [3.63, 3.8) is 0 Å². The molecule has 0 spiro atoms. The zero-order valence-electron chi connectivity index (χ0n) is 13.8. The molecule has 0 amide bonds. The van der Waals surface area contributed by atoms with E-state index >= 15 is 0 Å². The summed E-state index contributed by atoms with van der Waals surface area (Å²) < 4.78 is 0. The van der Waals surface area contributed by atoms with Crippen LogP contribution < -0.4 is 21.3 Å². The van der Waals surface area contributed by atoms with Crippen molar-refractivity contribution in [3.8, 4) is 0 Å². The lowest BCUT2D eigenvalue weighted by atomic mass is 9.94. The molecule has 0 aliphatic carbocycles. The molecule has 0 bridgehead atoms. The molecule has 3 heterocycles. The minimum Gasteiger partial charge on any atom is -0.368 e. The number of fused-ring (bicyclic) bond motifs is 1. The molecule has 22 heavy (non-hydrogen) atoms. The molecule has 2 aliphatic heterocycles. The van der Waals surface area contributed by atoms with E-state index in [-0.39, 0.29) is 11.4 Å². The van der Waals surface area contributed by atoms with Crippen LogP contribution in [-0.2, 0) is 0 Å². The highest BCUT2D eigenvalue weighted by atomic mass is 15.3. The van der Waals surface area contributed by atoms with Crippen LogP contribution in [0.2, 0.25) is 0 Å². The Morgan fingerprint density at radius 3 is 2.82 bits per heavy atom. The number of nitrogens with zero attached hydrogens (tertiary/aromatic N) is 4. The predicted octanol–water partition coefficient (Wildman–Crippen LogP) is 1.10. The quantitative estimate of drug-likeness (QED) is 0.770. The first kappa shape index (κ1) is 15.3. The molecule has 0 saturated carbocycles. The van der Waals surface area contributed by atoms with Gasteiger partial charge in [-0.05, 0) is 30.7 Å². The molecule has 2 saturated heterocycles. The van der Waals surface area contributed by atoms with Gasteiger partial charge in [-0.15, -0.1) is 0 Å². The van der Waals surface area contributed by atoms with Crippen LogP contribution in [-0.4, -0.2) is 47.2 Å². The number of nitrogen functional groups attached to an aromatic ring is 1. The Kier molecular flexibility index (Phi) is 4.08. The molecule has 0 radical (unpaired) electrons. The maximum Gasteiger partial charge on any atom is 0.232 e. The number of nitrogens with one attached hydrogen (secondary N) is 2. The van der Waals surface area contributed by atoms with Gasteiger partial charge in [-0.3, -0.25) is 0 Å². The van der Waals surface area contributed by atoms with E-state index < -0.39 is 0 Å². The van der Waals surface area contributed by atoms with Gasteiger partial charge in [-0.2, -0.15) is 15.0 Å². The lowest BCUT2D eigenvalue weighted by Gasteiger charge is -2.24. The fourth-order valence-corrected chi connectivity index (χ4v) is 3.16. The highest BCUT2D eigenvalue weighted by Crippen LogP contribution is 2.28. The Morgan fingerprint density at radius 1 is 1.27 bits per heavy atom. The maximum absolute atomic E-state index is 5.87. The van der Waals surface area contributed by atoms with E-state index in [0.717, 1.165) is 26.2 Å². The molecule has 122 valence electrons. The van der Waals surface area contributed by atoms with E-state index in [4.69, 9.17) is 5.73 Å². The zero-order valence-corrected chi connectivity index (χ0v) is 13.8. The minimum atomic E-state index is 0.161. The monoisotopic (exact) mass is 305 g/mol. The number of hydrogen-bond acceptors (Lipinski definition) is 7. The average molecular weight is 305 g/mol. The van der Waals surface area contributed by atoms with Gasteiger partial charge in [0.1, 0.15) is 0 Å². The van der Waals surface area contributed by atoms with Crippen LogP contribution >= 0.6 is 0 Å². The van der Waals surface area contributed by atoms with Crippen molar-refractivity contribution in [1.82, 2.24) is 20.3 Å². The van der Waals surface area contributed by atoms with Crippen molar-refractivity contribution in [2.24, 2.45) is 11.3 Å². The molecule has 3 rings (SSSR count). The zero-order chi connectivity index (χ0) is 15.7. The number of anilines is 3. The van der Waals surface area contributed by atoms with Crippen LogP contribution in [0.25, 0.3) is 0 Å². The summed E-state index contributed by atoms with van der Waals surface area (Å²) in [6, 6.07) is 0.553. The van der Waals surface area contributed by atoms with Gasteiger partial charge in [-0.25, -0.2) is 0 Å². The Hall–Kier alpha value is -1.63. The SMILES string of the molecule is CC(C)(C)CNc1nc(N)nc(N2CC3CCCNC3C2)n1. The first-order chi connectivity index (χ1) is 10.4. The van der Waals surface area contributed by atoms with Crippen molar-refractivity contribution in [3.05, 3.63) is 0 Å². The Morgan fingerprint density at radius 2 is 2.09 bits per heavy atom. The van der Waals surface area contributed by atoms with Crippen LogP contribution in [0.5, 0.6) is 0 Å². The third-order valence-corrected chi connectivity index (χ3v) is 4.30. The van der Waals surface area contributed by atoms with E-state index in [1.807, 2.05) is 0 Å². The third-order valence-electron chi connectivity index (χ3n) is 4.30. The van der Waals surface area contributed by atoms with E-state index in [2.05, 4.69) is 51.3 Å². The van der Waals surface area contributed by atoms with Gasteiger partial charge >= 0.3 is 0 Å². The Balaban J connectivity index is 1.72. The molecule has 4 N–H and O–H groups in total. The van der Waals surface area contributed by atoms with Crippen molar-refractivity contribution < 1.29 is 0 Å². The smallest absolute Gasteiger partial charge is 0.232 e. The van der Waals surface area contributed by atoms with Crippen LogP contribution in [0.4, 0.5) is 17.8 Å². The molecule has 7 nitrogen and oxygen atoms in total. The van der Waals surface area contributed by atoms with Crippen molar-refractivity contribution >= 4 is 17.8 Å². The summed E-state index contributed by atoms with van der Waals surface area (Å²) in [5, 5.41) is 6.86. The molecule has 0 aromatic carbocycles. The number of rotatable bonds is 3. The lowest BCUT2D eigenvalue weighted by Crippen LogP contribution is -2.40. The summed E-state index contributed by atoms with van der Waals surface area (Å²) in [4.78, 5) is 15.3. The molecule has 2 fully saturated rings. The summed E-state index contributed by atoms with van der Waals surface area (Å²) in [5.74, 6) is 2.24. The van der Waals surface area contributed by atoms with Gasteiger partial charge in [0.15, 0.2) is 0 Å². The highest BCUT2D eigenvalue weighted by molar-refractivity contribution is 5.43. The molecular formula is C15H27N7. The second-order valence-corrected chi connectivity index (χ2v) is 7.60.